The number of para-hydroxylation sites is 1. The standard InChI is InChI=1S/C19H22N2O3/c1-19(2,3)21-17(22)13-9-11-14(12-10-13)20-18(23)15-7-5-6-8-16(15)24-4/h5-12H,1-4H3,(H,20,23)(H,21,22). The minimum Gasteiger partial charge on any atom is -0.496 e. The van der Waals surface area contributed by atoms with E-state index in [1.54, 1.807) is 48.5 Å². The molecule has 0 aromatic heterocycles. The fourth-order valence-corrected chi connectivity index (χ4v) is 2.15. The number of rotatable bonds is 4. The molecule has 2 N–H and O–H groups in total. The Morgan fingerprint density at radius 2 is 1.54 bits per heavy atom. The Morgan fingerprint density at radius 3 is 2.12 bits per heavy atom. The van der Waals surface area contributed by atoms with Gasteiger partial charge in [-0.05, 0) is 57.2 Å². The van der Waals surface area contributed by atoms with Gasteiger partial charge in [-0.25, -0.2) is 0 Å². The molecule has 0 radical (unpaired) electrons. The molecule has 0 bridgehead atoms. The Bertz CT molecular complexity index is 731. The summed E-state index contributed by atoms with van der Waals surface area (Å²) in [5.41, 5.74) is 1.31. The van der Waals surface area contributed by atoms with Crippen LogP contribution in [-0.2, 0) is 0 Å². The number of benzene rings is 2. The van der Waals surface area contributed by atoms with Crippen LogP contribution in [0.5, 0.6) is 5.75 Å². The topological polar surface area (TPSA) is 67.4 Å². The highest BCUT2D eigenvalue weighted by Crippen LogP contribution is 2.19. The van der Waals surface area contributed by atoms with Crippen LogP contribution in [0.1, 0.15) is 41.5 Å². The van der Waals surface area contributed by atoms with Crippen LogP contribution in [0.15, 0.2) is 48.5 Å². The number of carbonyl (C=O) groups excluding carboxylic acids is 2. The molecule has 5 heteroatoms. The fourth-order valence-electron chi connectivity index (χ4n) is 2.15. The summed E-state index contributed by atoms with van der Waals surface area (Å²) in [6.07, 6.45) is 0. The van der Waals surface area contributed by atoms with E-state index in [-0.39, 0.29) is 17.4 Å². The predicted octanol–water partition coefficient (Wildman–Crippen LogP) is 3.48. The molecule has 0 spiro atoms. The lowest BCUT2D eigenvalue weighted by molar-refractivity contribution is 0.0919. The number of nitrogens with one attached hydrogen (secondary N) is 2. The lowest BCUT2D eigenvalue weighted by Gasteiger charge is -2.20. The van der Waals surface area contributed by atoms with Gasteiger partial charge in [-0.15, -0.1) is 0 Å². The third-order valence-electron chi connectivity index (χ3n) is 3.25. The number of hydrogen-bond donors (Lipinski definition) is 2. The molecular formula is C19H22N2O3. The molecule has 0 fully saturated rings. The molecule has 0 aliphatic rings. The van der Waals surface area contributed by atoms with Crippen molar-refractivity contribution in [3.05, 3.63) is 59.7 Å². The molecular weight excluding hydrogens is 304 g/mol. The Morgan fingerprint density at radius 1 is 0.917 bits per heavy atom. The number of anilines is 1. The molecule has 0 saturated heterocycles. The van der Waals surface area contributed by atoms with Crippen molar-refractivity contribution in [2.45, 2.75) is 26.3 Å². The second-order valence-electron chi connectivity index (χ2n) is 6.44. The van der Waals surface area contributed by atoms with Crippen molar-refractivity contribution in [2.24, 2.45) is 0 Å². The molecule has 0 atom stereocenters. The minimum atomic E-state index is -0.298. The van der Waals surface area contributed by atoms with Gasteiger partial charge in [-0.3, -0.25) is 9.59 Å². The molecule has 0 aliphatic heterocycles. The molecule has 126 valence electrons. The van der Waals surface area contributed by atoms with E-state index in [1.807, 2.05) is 20.8 Å². The maximum atomic E-state index is 12.3. The van der Waals surface area contributed by atoms with Gasteiger partial charge in [0.25, 0.3) is 11.8 Å². The maximum absolute atomic E-state index is 12.3. The first kappa shape index (κ1) is 17.5. The largest absolute Gasteiger partial charge is 0.496 e. The van der Waals surface area contributed by atoms with Crippen molar-refractivity contribution in [1.82, 2.24) is 5.32 Å². The SMILES string of the molecule is COc1ccccc1C(=O)Nc1ccc(C(=O)NC(C)(C)C)cc1. The van der Waals surface area contributed by atoms with E-state index in [0.29, 0.717) is 22.6 Å². The molecule has 2 aromatic carbocycles. The highest BCUT2D eigenvalue weighted by molar-refractivity contribution is 6.06. The predicted molar refractivity (Wildman–Crippen MR) is 94.6 cm³/mol. The van der Waals surface area contributed by atoms with Crippen LogP contribution < -0.4 is 15.4 Å². The number of amides is 2. The third-order valence-corrected chi connectivity index (χ3v) is 3.25. The van der Waals surface area contributed by atoms with Crippen molar-refractivity contribution in [3.63, 3.8) is 0 Å². The van der Waals surface area contributed by atoms with Crippen LogP contribution in [0, 0.1) is 0 Å². The summed E-state index contributed by atoms with van der Waals surface area (Å²) in [5, 5.41) is 5.69. The van der Waals surface area contributed by atoms with Gasteiger partial charge in [0.15, 0.2) is 0 Å². The Labute approximate surface area is 142 Å². The van der Waals surface area contributed by atoms with Crippen molar-refractivity contribution >= 4 is 17.5 Å². The molecule has 0 aliphatic carbocycles. The molecule has 2 amide bonds. The summed E-state index contributed by atoms with van der Waals surface area (Å²) in [6.45, 7) is 5.77. The van der Waals surface area contributed by atoms with Crippen molar-refractivity contribution < 1.29 is 14.3 Å². The van der Waals surface area contributed by atoms with E-state index in [2.05, 4.69) is 10.6 Å². The van der Waals surface area contributed by atoms with Gasteiger partial charge in [0.1, 0.15) is 5.75 Å². The fraction of sp³-hybridized carbons (Fsp3) is 0.263. The third kappa shape index (κ3) is 4.59. The van der Waals surface area contributed by atoms with Gasteiger partial charge in [0.05, 0.1) is 12.7 Å². The second kappa shape index (κ2) is 7.17. The van der Waals surface area contributed by atoms with Crippen molar-refractivity contribution in [1.29, 1.82) is 0 Å². The van der Waals surface area contributed by atoms with Gasteiger partial charge in [0.2, 0.25) is 0 Å². The lowest BCUT2D eigenvalue weighted by atomic mass is 10.1. The van der Waals surface area contributed by atoms with Crippen LogP contribution in [-0.4, -0.2) is 24.5 Å². The first-order valence-corrected chi connectivity index (χ1v) is 7.67. The summed E-state index contributed by atoms with van der Waals surface area (Å²) in [4.78, 5) is 24.4. The second-order valence-corrected chi connectivity index (χ2v) is 6.44. The van der Waals surface area contributed by atoms with E-state index in [9.17, 15) is 9.59 Å². The molecule has 5 nitrogen and oxygen atoms in total. The molecule has 2 rings (SSSR count). The first-order valence-electron chi connectivity index (χ1n) is 7.67. The molecule has 24 heavy (non-hydrogen) atoms. The van der Waals surface area contributed by atoms with Crippen molar-refractivity contribution in [2.75, 3.05) is 12.4 Å². The monoisotopic (exact) mass is 326 g/mol. The zero-order valence-electron chi connectivity index (χ0n) is 14.3. The van der Waals surface area contributed by atoms with Crippen LogP contribution in [0.25, 0.3) is 0 Å². The highest BCUT2D eigenvalue weighted by atomic mass is 16.5. The molecule has 0 saturated carbocycles. The average Bonchev–Trinajstić information content (AvgIpc) is 2.53. The van der Waals surface area contributed by atoms with E-state index < -0.39 is 0 Å². The first-order chi connectivity index (χ1) is 11.3. The van der Waals surface area contributed by atoms with E-state index in [4.69, 9.17) is 4.74 Å². The van der Waals surface area contributed by atoms with Gasteiger partial charge in [0, 0.05) is 16.8 Å². The minimum absolute atomic E-state index is 0.148. The van der Waals surface area contributed by atoms with E-state index >= 15 is 0 Å². The summed E-state index contributed by atoms with van der Waals surface area (Å²) in [7, 11) is 1.52. The summed E-state index contributed by atoms with van der Waals surface area (Å²) < 4.78 is 5.19. The van der Waals surface area contributed by atoms with Crippen LogP contribution in [0.4, 0.5) is 5.69 Å². The smallest absolute Gasteiger partial charge is 0.259 e. The van der Waals surface area contributed by atoms with E-state index in [0.717, 1.165) is 0 Å². The zero-order chi connectivity index (χ0) is 17.7. The van der Waals surface area contributed by atoms with Gasteiger partial charge < -0.3 is 15.4 Å². The van der Waals surface area contributed by atoms with Crippen LogP contribution in [0.3, 0.4) is 0 Å². The molecule has 0 heterocycles. The Kier molecular flexibility index (Phi) is 5.24. The summed E-state index contributed by atoms with van der Waals surface area (Å²) in [6, 6.07) is 13.8. The van der Waals surface area contributed by atoms with E-state index in [1.165, 1.54) is 7.11 Å². The van der Waals surface area contributed by atoms with Crippen LogP contribution >= 0.6 is 0 Å². The average molecular weight is 326 g/mol. The van der Waals surface area contributed by atoms with Gasteiger partial charge in [-0.1, -0.05) is 12.1 Å². The Balaban J connectivity index is 2.09. The summed E-state index contributed by atoms with van der Waals surface area (Å²) >= 11 is 0. The Hall–Kier alpha value is -2.82. The quantitative estimate of drug-likeness (QED) is 0.904. The number of methoxy groups -OCH3 is 1. The van der Waals surface area contributed by atoms with Gasteiger partial charge >= 0.3 is 0 Å². The number of carbonyl (C=O) groups is 2. The normalized spacial score (nSPS) is 10.8. The molecule has 0 unspecified atom stereocenters. The molecule has 2 aromatic rings. The number of hydrogen-bond acceptors (Lipinski definition) is 3. The van der Waals surface area contributed by atoms with Gasteiger partial charge in [-0.2, -0.15) is 0 Å². The van der Waals surface area contributed by atoms with Crippen molar-refractivity contribution in [3.8, 4) is 5.75 Å². The van der Waals surface area contributed by atoms with Crippen LogP contribution in [0.2, 0.25) is 0 Å². The number of ether oxygens (including phenoxy) is 1. The summed E-state index contributed by atoms with van der Waals surface area (Å²) in [5.74, 6) is 0.0978. The maximum Gasteiger partial charge on any atom is 0.259 e. The zero-order valence-corrected chi connectivity index (χ0v) is 14.3. The lowest BCUT2D eigenvalue weighted by Crippen LogP contribution is -2.40. The highest BCUT2D eigenvalue weighted by Gasteiger charge is 2.16.